The Balaban J connectivity index is 1.40. The molecule has 0 aliphatic carbocycles. The average Bonchev–Trinajstić information content (AvgIpc) is 3.35. The summed E-state index contributed by atoms with van der Waals surface area (Å²) in [5, 5.41) is 8.53. The van der Waals surface area contributed by atoms with E-state index in [4.69, 9.17) is 0 Å². The third-order valence-corrected chi connectivity index (χ3v) is 8.20. The Hall–Kier alpha value is -2.51. The molecule has 150 valence electrons. The standard InChI is InChI=1S/C22H24N4O2S/c1-16-3-2-4-18(13-16)17-5-9-22(10-6-17)29(27,28)25-19-7-8-20(25)15-21(14-19)26-23-11-12-24-26/h2-6,9-13,19-21H,7-8,14-15H2,1H3. The van der Waals surface area contributed by atoms with E-state index in [1.165, 1.54) is 5.56 Å². The Morgan fingerprint density at radius 1 is 0.862 bits per heavy atom. The van der Waals surface area contributed by atoms with Gasteiger partial charge in [-0.3, -0.25) is 0 Å². The molecule has 2 aliphatic heterocycles. The molecule has 5 rings (SSSR count). The van der Waals surface area contributed by atoms with E-state index in [0.717, 1.165) is 36.8 Å². The lowest BCUT2D eigenvalue weighted by Gasteiger charge is -2.37. The number of sulfonamides is 1. The van der Waals surface area contributed by atoms with Crippen molar-refractivity contribution in [2.45, 2.75) is 55.6 Å². The van der Waals surface area contributed by atoms with Crippen LogP contribution in [0.2, 0.25) is 0 Å². The molecule has 2 saturated heterocycles. The fraction of sp³-hybridized carbons (Fsp3) is 0.364. The Bertz CT molecular complexity index is 1100. The lowest BCUT2D eigenvalue weighted by atomic mass is 10.0. The highest BCUT2D eigenvalue weighted by Crippen LogP contribution is 2.43. The first-order valence-electron chi connectivity index (χ1n) is 10.1. The van der Waals surface area contributed by atoms with Gasteiger partial charge in [-0.2, -0.15) is 19.3 Å². The maximum Gasteiger partial charge on any atom is 0.243 e. The Kier molecular flexibility index (Phi) is 4.52. The third-order valence-electron chi connectivity index (χ3n) is 6.19. The molecule has 2 aromatic carbocycles. The topological polar surface area (TPSA) is 68.1 Å². The van der Waals surface area contributed by atoms with Crippen molar-refractivity contribution in [2.24, 2.45) is 0 Å². The summed E-state index contributed by atoms with van der Waals surface area (Å²) >= 11 is 0. The van der Waals surface area contributed by atoms with E-state index in [1.807, 2.05) is 24.3 Å². The normalized spacial score (nSPS) is 24.7. The van der Waals surface area contributed by atoms with Crippen LogP contribution in [0.3, 0.4) is 0 Å². The molecule has 6 nitrogen and oxygen atoms in total. The quantitative estimate of drug-likeness (QED) is 0.658. The van der Waals surface area contributed by atoms with Gasteiger partial charge in [-0.1, -0.05) is 42.0 Å². The highest BCUT2D eigenvalue weighted by Gasteiger charge is 2.48. The van der Waals surface area contributed by atoms with Gasteiger partial charge in [0.2, 0.25) is 10.0 Å². The minimum absolute atomic E-state index is 0.0196. The van der Waals surface area contributed by atoms with Crippen LogP contribution in [-0.2, 0) is 10.0 Å². The molecule has 0 saturated carbocycles. The van der Waals surface area contributed by atoms with E-state index < -0.39 is 10.0 Å². The molecular formula is C22H24N4O2S. The molecule has 2 aliphatic rings. The largest absolute Gasteiger partial charge is 0.243 e. The van der Waals surface area contributed by atoms with E-state index in [1.54, 1.807) is 33.6 Å². The van der Waals surface area contributed by atoms with Crippen molar-refractivity contribution in [1.82, 2.24) is 19.3 Å². The highest BCUT2D eigenvalue weighted by atomic mass is 32.2. The number of benzene rings is 2. The Labute approximate surface area is 171 Å². The molecule has 3 aromatic rings. The lowest BCUT2D eigenvalue weighted by molar-refractivity contribution is 0.174. The van der Waals surface area contributed by atoms with Crippen molar-refractivity contribution in [2.75, 3.05) is 0 Å². The first-order valence-corrected chi connectivity index (χ1v) is 11.5. The van der Waals surface area contributed by atoms with Gasteiger partial charge in [0.1, 0.15) is 0 Å². The molecule has 2 bridgehead atoms. The van der Waals surface area contributed by atoms with Gasteiger partial charge < -0.3 is 0 Å². The van der Waals surface area contributed by atoms with Gasteiger partial charge in [0, 0.05) is 12.1 Å². The van der Waals surface area contributed by atoms with E-state index in [2.05, 4.69) is 29.3 Å². The predicted octanol–water partition coefficient (Wildman–Crippen LogP) is 3.81. The van der Waals surface area contributed by atoms with Gasteiger partial charge in [-0.25, -0.2) is 8.42 Å². The SMILES string of the molecule is Cc1cccc(-c2ccc(S(=O)(=O)N3C4CCC3CC(n3nccn3)C4)cc2)c1. The molecule has 1 aromatic heterocycles. The van der Waals surface area contributed by atoms with Crippen LogP contribution in [0.5, 0.6) is 0 Å². The van der Waals surface area contributed by atoms with Crippen molar-refractivity contribution in [1.29, 1.82) is 0 Å². The van der Waals surface area contributed by atoms with Crippen LogP contribution in [0.1, 0.15) is 37.3 Å². The van der Waals surface area contributed by atoms with E-state index in [-0.39, 0.29) is 18.1 Å². The van der Waals surface area contributed by atoms with Crippen LogP contribution >= 0.6 is 0 Å². The minimum atomic E-state index is -3.51. The Morgan fingerprint density at radius 2 is 1.52 bits per heavy atom. The van der Waals surface area contributed by atoms with Gasteiger partial charge in [-0.15, -0.1) is 0 Å². The van der Waals surface area contributed by atoms with Crippen LogP contribution in [-0.4, -0.2) is 39.8 Å². The minimum Gasteiger partial charge on any atom is -0.207 e. The summed E-state index contributed by atoms with van der Waals surface area (Å²) < 4.78 is 28.6. The van der Waals surface area contributed by atoms with Crippen molar-refractivity contribution < 1.29 is 8.42 Å². The summed E-state index contributed by atoms with van der Waals surface area (Å²) in [4.78, 5) is 2.12. The Morgan fingerprint density at radius 3 is 2.14 bits per heavy atom. The van der Waals surface area contributed by atoms with Gasteiger partial charge >= 0.3 is 0 Å². The van der Waals surface area contributed by atoms with Gasteiger partial charge in [0.25, 0.3) is 0 Å². The van der Waals surface area contributed by atoms with Gasteiger partial charge in [0.15, 0.2) is 0 Å². The molecule has 0 radical (unpaired) electrons. The van der Waals surface area contributed by atoms with Crippen molar-refractivity contribution in [3.05, 3.63) is 66.5 Å². The van der Waals surface area contributed by atoms with Crippen LogP contribution < -0.4 is 0 Å². The summed E-state index contributed by atoms with van der Waals surface area (Å²) in [7, 11) is -3.51. The van der Waals surface area contributed by atoms with Gasteiger partial charge in [-0.05, 0) is 55.9 Å². The zero-order valence-corrected chi connectivity index (χ0v) is 17.2. The van der Waals surface area contributed by atoms with Crippen molar-refractivity contribution >= 4 is 10.0 Å². The second kappa shape index (κ2) is 7.07. The maximum absolute atomic E-state index is 13.4. The monoisotopic (exact) mass is 408 g/mol. The lowest BCUT2D eigenvalue weighted by Crippen LogP contribution is -2.47. The number of nitrogens with zero attached hydrogens (tertiary/aromatic N) is 4. The number of fused-ring (bicyclic) bond motifs is 2. The summed E-state index contributed by atoms with van der Waals surface area (Å²) in [6.07, 6.45) is 6.71. The van der Waals surface area contributed by atoms with E-state index in [9.17, 15) is 8.42 Å². The third kappa shape index (κ3) is 3.28. The second-order valence-electron chi connectivity index (χ2n) is 8.09. The average molecular weight is 409 g/mol. The summed E-state index contributed by atoms with van der Waals surface area (Å²) in [6, 6.07) is 15.7. The smallest absolute Gasteiger partial charge is 0.207 e. The van der Waals surface area contributed by atoms with Gasteiger partial charge in [0.05, 0.1) is 23.3 Å². The van der Waals surface area contributed by atoms with E-state index >= 15 is 0 Å². The maximum atomic E-state index is 13.4. The number of piperidine rings is 1. The van der Waals surface area contributed by atoms with Crippen molar-refractivity contribution in [3.8, 4) is 11.1 Å². The predicted molar refractivity (Wildman–Crippen MR) is 111 cm³/mol. The molecule has 2 atom stereocenters. The number of rotatable bonds is 4. The molecule has 2 unspecified atom stereocenters. The van der Waals surface area contributed by atoms with E-state index in [0.29, 0.717) is 4.90 Å². The molecule has 29 heavy (non-hydrogen) atoms. The number of aromatic nitrogens is 3. The van der Waals surface area contributed by atoms with Crippen LogP contribution in [0.15, 0.2) is 65.8 Å². The number of hydrogen-bond acceptors (Lipinski definition) is 4. The zero-order chi connectivity index (χ0) is 20.0. The second-order valence-corrected chi connectivity index (χ2v) is 9.93. The molecule has 7 heteroatoms. The first kappa shape index (κ1) is 18.5. The summed E-state index contributed by atoms with van der Waals surface area (Å²) in [6.45, 7) is 2.06. The van der Waals surface area contributed by atoms with Crippen LogP contribution in [0.25, 0.3) is 11.1 Å². The van der Waals surface area contributed by atoms with Crippen molar-refractivity contribution in [3.63, 3.8) is 0 Å². The van der Waals surface area contributed by atoms with Crippen LogP contribution in [0, 0.1) is 6.92 Å². The molecular weight excluding hydrogens is 384 g/mol. The summed E-state index contributed by atoms with van der Waals surface area (Å²) in [5.74, 6) is 0. The molecule has 2 fully saturated rings. The molecule has 0 N–H and O–H groups in total. The molecule has 0 amide bonds. The van der Waals surface area contributed by atoms with Crippen LogP contribution in [0.4, 0.5) is 0 Å². The fourth-order valence-electron chi connectivity index (χ4n) is 4.87. The first-order chi connectivity index (χ1) is 14.0. The molecule has 0 spiro atoms. The highest BCUT2D eigenvalue weighted by molar-refractivity contribution is 7.89. The summed E-state index contributed by atoms with van der Waals surface area (Å²) in [5.41, 5.74) is 3.31. The zero-order valence-electron chi connectivity index (χ0n) is 16.3. The molecule has 3 heterocycles. The fourth-order valence-corrected chi connectivity index (χ4v) is 6.76. The number of aryl methyl sites for hydroxylation is 1. The number of hydrogen-bond donors (Lipinski definition) is 0.